The van der Waals surface area contributed by atoms with Gasteiger partial charge in [0, 0.05) is 0 Å². The molecular weight excluding hydrogens is 147 g/mol. The lowest BCUT2D eigenvalue weighted by molar-refractivity contribution is -0.134. The Balaban J connectivity index is 3.91. The molecule has 0 aromatic heterocycles. The molecule has 0 unspecified atom stereocenters. The van der Waals surface area contributed by atoms with E-state index in [2.05, 4.69) is 0 Å². The van der Waals surface area contributed by atoms with E-state index in [1.54, 1.807) is 0 Å². The molecular formula is C7H13O2P. The number of ether oxygens (including phenoxy) is 1. The summed E-state index contributed by atoms with van der Waals surface area (Å²) in [6.07, 6.45) is 0.789. The first-order valence-electron chi connectivity index (χ1n) is 3.39. The lowest BCUT2D eigenvalue weighted by Crippen LogP contribution is -2.14. The van der Waals surface area contributed by atoms with Gasteiger partial charge in [-0.2, -0.15) is 0 Å². The van der Waals surface area contributed by atoms with E-state index in [9.17, 15) is 4.79 Å². The van der Waals surface area contributed by atoms with Crippen LogP contribution in [-0.4, -0.2) is 24.5 Å². The molecule has 0 saturated carbocycles. The second-order valence-electron chi connectivity index (χ2n) is 1.74. The van der Waals surface area contributed by atoms with Crippen molar-refractivity contribution < 1.29 is 9.53 Å². The molecule has 2 nitrogen and oxygen atoms in total. The van der Waals surface area contributed by atoms with Crippen LogP contribution in [0.15, 0.2) is 0 Å². The number of hydrogen-bond acceptors (Lipinski definition) is 2. The van der Waals surface area contributed by atoms with E-state index in [1.807, 2.05) is 20.5 Å². The van der Waals surface area contributed by atoms with Gasteiger partial charge in [0.25, 0.3) is 0 Å². The summed E-state index contributed by atoms with van der Waals surface area (Å²) >= 11 is 0. The van der Waals surface area contributed by atoms with E-state index in [1.165, 1.54) is 0 Å². The Morgan fingerprint density at radius 2 is 2.10 bits per heavy atom. The number of carbonyl (C=O) groups excluding carboxylic acids is 1. The van der Waals surface area contributed by atoms with E-state index in [0.29, 0.717) is 6.61 Å². The zero-order valence-electron chi connectivity index (χ0n) is 6.68. The fourth-order valence-corrected chi connectivity index (χ4v) is 1.17. The average molecular weight is 160 g/mol. The van der Waals surface area contributed by atoms with Crippen molar-refractivity contribution in [1.29, 1.82) is 0 Å². The van der Waals surface area contributed by atoms with Gasteiger partial charge in [-0.15, -0.1) is 0 Å². The zero-order valence-corrected chi connectivity index (χ0v) is 7.57. The third-order valence-corrected chi connectivity index (χ3v) is 2.15. The first-order valence-corrected chi connectivity index (χ1v) is 4.73. The van der Waals surface area contributed by atoms with Crippen molar-refractivity contribution in [2.75, 3.05) is 13.3 Å². The van der Waals surface area contributed by atoms with Crippen LogP contribution in [0, 0.1) is 0 Å². The molecule has 10 heavy (non-hydrogen) atoms. The van der Waals surface area contributed by atoms with Gasteiger partial charge in [0.2, 0.25) is 0 Å². The average Bonchev–Trinajstić information content (AvgIpc) is 1.91. The number of rotatable bonds is 3. The number of hydrogen-bond donors (Lipinski definition) is 0. The minimum atomic E-state index is -0.144. The maximum Gasteiger partial charge on any atom is 0.338 e. The minimum Gasteiger partial charge on any atom is -0.462 e. The standard InChI is InChI=1S/C7H13O2P/c1-4-6(10-3)7(8)9-5-2/h4-5H2,1-3H3. The summed E-state index contributed by atoms with van der Waals surface area (Å²) in [7, 11) is 1.02. The van der Waals surface area contributed by atoms with Crippen molar-refractivity contribution in [2.24, 2.45) is 0 Å². The second-order valence-corrected chi connectivity index (χ2v) is 2.73. The van der Waals surface area contributed by atoms with E-state index < -0.39 is 0 Å². The molecule has 0 amide bonds. The number of esters is 1. The molecule has 0 spiro atoms. The second kappa shape index (κ2) is 5.43. The molecule has 0 aliphatic carbocycles. The summed E-state index contributed by atoms with van der Waals surface area (Å²) < 4.78 is 4.80. The first-order chi connectivity index (χ1) is 4.76. The first kappa shape index (κ1) is 9.64. The molecule has 0 aromatic rings. The summed E-state index contributed by atoms with van der Waals surface area (Å²) in [4.78, 5) is 10.9. The van der Waals surface area contributed by atoms with Crippen LogP contribution in [0.5, 0.6) is 0 Å². The smallest absolute Gasteiger partial charge is 0.338 e. The van der Waals surface area contributed by atoms with Crippen LogP contribution in [0.2, 0.25) is 0 Å². The summed E-state index contributed by atoms with van der Waals surface area (Å²) in [5, 5.41) is 0.849. The van der Waals surface area contributed by atoms with E-state index in [-0.39, 0.29) is 5.97 Å². The van der Waals surface area contributed by atoms with E-state index in [4.69, 9.17) is 4.74 Å². The lowest BCUT2D eigenvalue weighted by Gasteiger charge is -2.01. The lowest BCUT2D eigenvalue weighted by atomic mass is 10.3. The van der Waals surface area contributed by atoms with Crippen LogP contribution in [0.4, 0.5) is 0 Å². The highest BCUT2D eigenvalue weighted by atomic mass is 31.1. The highest BCUT2D eigenvalue weighted by molar-refractivity contribution is 7.42. The third kappa shape index (κ3) is 2.98. The Morgan fingerprint density at radius 3 is 2.40 bits per heavy atom. The predicted molar refractivity (Wildman–Crippen MR) is 44.8 cm³/mol. The topological polar surface area (TPSA) is 26.3 Å². The summed E-state index contributed by atoms with van der Waals surface area (Å²) in [6, 6.07) is 0. The molecule has 0 rings (SSSR count). The van der Waals surface area contributed by atoms with Gasteiger partial charge in [-0.05, 0) is 20.0 Å². The third-order valence-electron chi connectivity index (χ3n) is 1.12. The van der Waals surface area contributed by atoms with Gasteiger partial charge in [0.15, 0.2) is 0 Å². The van der Waals surface area contributed by atoms with Gasteiger partial charge in [0.1, 0.15) is 0 Å². The molecule has 0 N–H and O–H groups in total. The van der Waals surface area contributed by atoms with Crippen LogP contribution >= 0.6 is 8.20 Å². The molecule has 0 heterocycles. The van der Waals surface area contributed by atoms with Crippen LogP contribution in [-0.2, 0) is 9.53 Å². The Bertz CT molecular complexity index is 141. The quantitative estimate of drug-likeness (QED) is 0.464. The monoisotopic (exact) mass is 160 g/mol. The Morgan fingerprint density at radius 1 is 1.50 bits per heavy atom. The molecule has 0 radical (unpaired) electrons. The largest absolute Gasteiger partial charge is 0.462 e. The Hall–Kier alpha value is -0.360. The van der Waals surface area contributed by atoms with Crippen LogP contribution in [0.25, 0.3) is 0 Å². The van der Waals surface area contributed by atoms with E-state index >= 15 is 0 Å². The SMILES string of the molecule is CCOC(=O)C(CC)=PC. The molecule has 0 aliphatic rings. The zero-order chi connectivity index (χ0) is 7.98. The van der Waals surface area contributed by atoms with Crippen molar-refractivity contribution in [3.8, 4) is 0 Å². The number of carbonyl (C=O) groups is 1. The predicted octanol–water partition coefficient (Wildman–Crippen LogP) is 1.71. The molecule has 0 aromatic carbocycles. The maximum absolute atomic E-state index is 10.9. The molecule has 0 fully saturated rings. The summed E-state index contributed by atoms with van der Waals surface area (Å²) in [6.45, 7) is 6.19. The van der Waals surface area contributed by atoms with Crippen molar-refractivity contribution in [3.63, 3.8) is 0 Å². The molecule has 3 heteroatoms. The fraction of sp³-hybridized carbons (Fsp3) is 0.714. The normalized spacial score (nSPS) is 11.3. The van der Waals surface area contributed by atoms with Crippen LogP contribution in [0.1, 0.15) is 20.3 Å². The molecule has 0 bridgehead atoms. The summed E-state index contributed by atoms with van der Waals surface area (Å²) in [5.41, 5.74) is 0. The van der Waals surface area contributed by atoms with Crippen molar-refractivity contribution in [2.45, 2.75) is 20.3 Å². The van der Waals surface area contributed by atoms with Gasteiger partial charge >= 0.3 is 5.97 Å². The summed E-state index contributed by atoms with van der Waals surface area (Å²) in [5.74, 6) is -0.144. The molecule has 0 atom stereocenters. The maximum atomic E-state index is 10.9. The van der Waals surface area contributed by atoms with Crippen molar-refractivity contribution >= 4 is 19.5 Å². The van der Waals surface area contributed by atoms with Crippen molar-refractivity contribution in [3.05, 3.63) is 0 Å². The van der Waals surface area contributed by atoms with Crippen molar-refractivity contribution in [1.82, 2.24) is 0 Å². The van der Waals surface area contributed by atoms with Crippen LogP contribution < -0.4 is 0 Å². The van der Waals surface area contributed by atoms with Gasteiger partial charge in [-0.25, -0.2) is 4.79 Å². The molecule has 0 saturated heterocycles. The van der Waals surface area contributed by atoms with Gasteiger partial charge in [-0.3, -0.25) is 0 Å². The molecule has 0 aliphatic heterocycles. The van der Waals surface area contributed by atoms with Gasteiger partial charge in [0.05, 0.1) is 11.9 Å². The highest BCUT2D eigenvalue weighted by Crippen LogP contribution is 1.99. The van der Waals surface area contributed by atoms with Gasteiger partial charge in [-0.1, -0.05) is 15.1 Å². The Kier molecular flexibility index (Phi) is 5.23. The van der Waals surface area contributed by atoms with Crippen LogP contribution in [0.3, 0.4) is 0 Å². The van der Waals surface area contributed by atoms with Gasteiger partial charge < -0.3 is 4.74 Å². The highest BCUT2D eigenvalue weighted by Gasteiger charge is 2.05. The Labute approximate surface area is 63.4 Å². The molecule has 58 valence electrons. The fourth-order valence-electron chi connectivity index (χ4n) is 0.608. The van der Waals surface area contributed by atoms with E-state index in [0.717, 1.165) is 19.9 Å². The minimum absolute atomic E-state index is 0.144.